The van der Waals surface area contributed by atoms with Crippen molar-refractivity contribution in [2.75, 3.05) is 12.9 Å². The molecule has 0 spiro atoms. The predicted octanol–water partition coefficient (Wildman–Crippen LogP) is 3.08. The Labute approximate surface area is 132 Å². The highest BCUT2D eigenvalue weighted by Gasteiger charge is 2.36. The van der Waals surface area contributed by atoms with Crippen molar-refractivity contribution >= 4 is 37.4 Å². The van der Waals surface area contributed by atoms with Gasteiger partial charge in [-0.05, 0) is 40.9 Å². The molecule has 0 amide bonds. The molecule has 1 fully saturated rings. The summed E-state index contributed by atoms with van der Waals surface area (Å²) in [5, 5.41) is -0.0770. The van der Waals surface area contributed by atoms with Crippen molar-refractivity contribution < 1.29 is 13.2 Å². The third-order valence-electron chi connectivity index (χ3n) is 3.63. The van der Waals surface area contributed by atoms with Crippen molar-refractivity contribution in [2.24, 2.45) is 5.73 Å². The number of rotatable bonds is 3. The Morgan fingerprint density at radius 2 is 2.15 bits per heavy atom. The molecule has 2 atom stereocenters. The minimum absolute atomic E-state index is 0.204. The van der Waals surface area contributed by atoms with Crippen LogP contribution in [0.4, 0.5) is 0 Å². The fourth-order valence-electron chi connectivity index (χ4n) is 2.63. The van der Waals surface area contributed by atoms with E-state index in [-0.39, 0.29) is 5.75 Å². The van der Waals surface area contributed by atoms with E-state index in [0.29, 0.717) is 33.6 Å². The summed E-state index contributed by atoms with van der Waals surface area (Å²) in [4.78, 5) is 0. The lowest BCUT2D eigenvalue weighted by molar-refractivity contribution is 0.399. The maximum atomic E-state index is 12.2. The van der Waals surface area contributed by atoms with E-state index in [2.05, 4.69) is 15.9 Å². The summed E-state index contributed by atoms with van der Waals surface area (Å²) in [7, 11) is -1.63. The van der Waals surface area contributed by atoms with Gasteiger partial charge in [0.1, 0.15) is 5.75 Å². The lowest BCUT2D eigenvalue weighted by Crippen LogP contribution is -2.38. The van der Waals surface area contributed by atoms with E-state index < -0.39 is 21.1 Å². The van der Waals surface area contributed by atoms with Crippen LogP contribution in [0.1, 0.15) is 30.9 Å². The van der Waals surface area contributed by atoms with E-state index in [1.165, 1.54) is 7.11 Å². The van der Waals surface area contributed by atoms with Gasteiger partial charge in [0.05, 0.1) is 28.6 Å². The number of methoxy groups -OCH3 is 1. The van der Waals surface area contributed by atoms with Crippen LogP contribution in [0.15, 0.2) is 16.6 Å². The second-order valence-corrected chi connectivity index (χ2v) is 8.57. The number of sulfone groups is 1. The molecule has 1 aliphatic heterocycles. The fourth-order valence-corrected chi connectivity index (χ4v) is 5.65. The lowest BCUT2D eigenvalue weighted by atomic mass is 9.99. The summed E-state index contributed by atoms with van der Waals surface area (Å²) < 4.78 is 30.4. The van der Waals surface area contributed by atoms with Crippen LogP contribution in [-0.2, 0) is 9.84 Å². The summed E-state index contributed by atoms with van der Waals surface area (Å²) in [5.74, 6) is 0.748. The molecule has 112 valence electrons. The lowest BCUT2D eigenvalue weighted by Gasteiger charge is -2.29. The molecule has 2 N–H and O–H groups in total. The van der Waals surface area contributed by atoms with E-state index in [1.807, 2.05) is 0 Å². The summed E-state index contributed by atoms with van der Waals surface area (Å²) in [6.07, 6.45) is 2.17. The molecule has 20 heavy (non-hydrogen) atoms. The Morgan fingerprint density at radius 1 is 1.45 bits per heavy atom. The van der Waals surface area contributed by atoms with Crippen molar-refractivity contribution in [1.82, 2.24) is 0 Å². The van der Waals surface area contributed by atoms with Crippen molar-refractivity contribution in [2.45, 2.75) is 30.6 Å². The Balaban J connectivity index is 2.45. The number of halogens is 2. The Morgan fingerprint density at radius 3 is 2.75 bits per heavy atom. The van der Waals surface area contributed by atoms with E-state index in [4.69, 9.17) is 22.1 Å². The van der Waals surface area contributed by atoms with E-state index in [9.17, 15) is 8.42 Å². The largest absolute Gasteiger partial charge is 0.495 e. The quantitative estimate of drug-likeness (QED) is 0.872. The van der Waals surface area contributed by atoms with Crippen molar-refractivity contribution in [3.63, 3.8) is 0 Å². The van der Waals surface area contributed by atoms with Crippen LogP contribution in [0.5, 0.6) is 5.75 Å². The average Bonchev–Trinajstić information content (AvgIpc) is 2.36. The van der Waals surface area contributed by atoms with E-state index in [0.717, 1.165) is 6.42 Å². The zero-order valence-corrected chi connectivity index (χ0v) is 14.3. The summed E-state index contributed by atoms with van der Waals surface area (Å²) in [6.45, 7) is 0. The molecule has 1 heterocycles. The van der Waals surface area contributed by atoms with Crippen LogP contribution in [-0.4, -0.2) is 26.5 Å². The molecule has 4 nitrogen and oxygen atoms in total. The van der Waals surface area contributed by atoms with Gasteiger partial charge in [-0.1, -0.05) is 18.0 Å². The standard InChI is InChI=1S/C13H17BrClNO3S/c1-19-13-9(6-8(15)7-10(13)14)12(16)11-4-2-3-5-20(11,17)18/h6-7,11-12H,2-5,16H2,1H3. The Bertz CT molecular complexity index is 606. The van der Waals surface area contributed by atoms with Gasteiger partial charge < -0.3 is 10.5 Å². The molecule has 0 radical (unpaired) electrons. The first-order chi connectivity index (χ1) is 9.36. The Kier molecular flexibility index (Phi) is 5.00. The van der Waals surface area contributed by atoms with Crippen LogP contribution in [0.3, 0.4) is 0 Å². The molecule has 2 rings (SSSR count). The van der Waals surface area contributed by atoms with Crippen LogP contribution >= 0.6 is 27.5 Å². The van der Waals surface area contributed by atoms with Crippen molar-refractivity contribution in [1.29, 1.82) is 0 Å². The predicted molar refractivity (Wildman–Crippen MR) is 84.1 cm³/mol. The SMILES string of the molecule is COc1c(Br)cc(Cl)cc1C(N)C1CCCCS1(=O)=O. The number of benzene rings is 1. The molecule has 1 saturated heterocycles. The molecule has 0 saturated carbocycles. The van der Waals surface area contributed by atoms with Gasteiger partial charge in [-0.3, -0.25) is 0 Å². The zero-order valence-electron chi connectivity index (χ0n) is 11.1. The van der Waals surface area contributed by atoms with E-state index >= 15 is 0 Å². The first-order valence-electron chi connectivity index (χ1n) is 6.37. The molecule has 0 aliphatic carbocycles. The van der Waals surface area contributed by atoms with Gasteiger partial charge in [-0.2, -0.15) is 0 Å². The monoisotopic (exact) mass is 381 g/mol. The van der Waals surface area contributed by atoms with Crippen LogP contribution < -0.4 is 10.5 Å². The summed E-state index contributed by atoms with van der Waals surface area (Å²) in [5.41, 5.74) is 6.85. The number of hydrogen-bond acceptors (Lipinski definition) is 4. The molecule has 0 bridgehead atoms. The topological polar surface area (TPSA) is 69.4 Å². The maximum absolute atomic E-state index is 12.2. The first-order valence-corrected chi connectivity index (χ1v) is 9.25. The van der Waals surface area contributed by atoms with Gasteiger partial charge in [0, 0.05) is 10.6 Å². The smallest absolute Gasteiger partial charge is 0.155 e. The molecule has 2 unspecified atom stereocenters. The molecule has 1 aromatic rings. The molecule has 0 aromatic heterocycles. The molecule has 7 heteroatoms. The summed E-state index contributed by atoms with van der Waals surface area (Å²) >= 11 is 9.41. The van der Waals surface area contributed by atoms with E-state index in [1.54, 1.807) is 12.1 Å². The second kappa shape index (κ2) is 6.22. The summed E-state index contributed by atoms with van der Waals surface area (Å²) in [6, 6.07) is 2.75. The second-order valence-electron chi connectivity index (χ2n) is 4.94. The maximum Gasteiger partial charge on any atom is 0.155 e. The highest BCUT2D eigenvalue weighted by Crippen LogP contribution is 2.39. The fraction of sp³-hybridized carbons (Fsp3) is 0.538. The van der Waals surface area contributed by atoms with Gasteiger partial charge >= 0.3 is 0 Å². The first kappa shape index (κ1) is 16.1. The Hall–Kier alpha value is -0.300. The van der Waals surface area contributed by atoms with Crippen LogP contribution in [0.25, 0.3) is 0 Å². The number of nitrogens with two attached hydrogens (primary N) is 1. The molecular formula is C13H17BrClNO3S. The van der Waals surface area contributed by atoms with Gasteiger partial charge in [0.2, 0.25) is 0 Å². The minimum atomic E-state index is -3.16. The minimum Gasteiger partial charge on any atom is -0.495 e. The highest BCUT2D eigenvalue weighted by atomic mass is 79.9. The van der Waals surface area contributed by atoms with Gasteiger partial charge in [0.15, 0.2) is 9.84 Å². The average molecular weight is 383 g/mol. The normalized spacial score (nSPS) is 23.3. The highest BCUT2D eigenvalue weighted by molar-refractivity contribution is 9.10. The number of hydrogen-bond donors (Lipinski definition) is 1. The molecular weight excluding hydrogens is 366 g/mol. The van der Waals surface area contributed by atoms with Crippen LogP contribution in [0.2, 0.25) is 5.02 Å². The van der Waals surface area contributed by atoms with Gasteiger partial charge in [-0.15, -0.1) is 0 Å². The zero-order chi connectivity index (χ0) is 14.9. The van der Waals surface area contributed by atoms with Crippen molar-refractivity contribution in [3.05, 3.63) is 27.2 Å². The molecule has 1 aliphatic rings. The van der Waals surface area contributed by atoms with Crippen molar-refractivity contribution in [3.8, 4) is 5.75 Å². The third kappa shape index (κ3) is 3.13. The third-order valence-corrected chi connectivity index (χ3v) is 6.75. The van der Waals surface area contributed by atoms with Crippen LogP contribution in [0, 0.1) is 0 Å². The molecule has 1 aromatic carbocycles. The van der Waals surface area contributed by atoms with Gasteiger partial charge in [-0.25, -0.2) is 8.42 Å². The van der Waals surface area contributed by atoms with Gasteiger partial charge in [0.25, 0.3) is 0 Å². The number of ether oxygens (including phenoxy) is 1.